The number of morpholine rings is 1. The number of amides is 1. The van der Waals surface area contributed by atoms with E-state index in [4.69, 9.17) is 9.47 Å². The third-order valence-corrected chi connectivity index (χ3v) is 3.60. The Morgan fingerprint density at radius 2 is 2.20 bits per heavy atom. The van der Waals surface area contributed by atoms with Gasteiger partial charge in [0.25, 0.3) is 5.91 Å². The zero-order valence-corrected chi connectivity index (χ0v) is 13.1. The number of rotatable bonds is 5. The molecule has 1 aromatic carbocycles. The van der Waals surface area contributed by atoms with Crippen molar-refractivity contribution < 1.29 is 14.3 Å². The lowest BCUT2D eigenvalue weighted by Gasteiger charge is -2.26. The Bertz CT molecular complexity index is 462. The Balaban J connectivity index is 1.94. The summed E-state index contributed by atoms with van der Waals surface area (Å²) in [7, 11) is 1.88. The van der Waals surface area contributed by atoms with E-state index in [9.17, 15) is 4.79 Å². The maximum atomic E-state index is 12.0. The summed E-state index contributed by atoms with van der Waals surface area (Å²) in [6.07, 6.45) is 0. The highest BCUT2D eigenvalue weighted by atomic mass is 79.9. The van der Waals surface area contributed by atoms with E-state index in [0.29, 0.717) is 32.8 Å². The zero-order valence-electron chi connectivity index (χ0n) is 11.5. The Hall–Kier alpha value is -1.11. The molecule has 20 heavy (non-hydrogen) atoms. The summed E-state index contributed by atoms with van der Waals surface area (Å²) in [4.78, 5) is 13.8. The lowest BCUT2D eigenvalue weighted by molar-refractivity contribution is -0.137. The summed E-state index contributed by atoms with van der Waals surface area (Å²) in [5.74, 6) is 0.746. The monoisotopic (exact) mass is 342 g/mol. The van der Waals surface area contributed by atoms with Crippen LogP contribution in [0.5, 0.6) is 5.75 Å². The molecule has 1 N–H and O–H groups in total. The molecule has 2 rings (SSSR count). The fourth-order valence-electron chi connectivity index (χ4n) is 2.06. The van der Waals surface area contributed by atoms with Gasteiger partial charge in [0.05, 0.1) is 13.2 Å². The van der Waals surface area contributed by atoms with Gasteiger partial charge in [0.1, 0.15) is 5.75 Å². The van der Waals surface area contributed by atoms with Crippen LogP contribution in [-0.2, 0) is 16.1 Å². The molecule has 0 aliphatic carbocycles. The Kier molecular flexibility index (Phi) is 5.82. The molecule has 0 aromatic heterocycles. The maximum Gasteiger partial charge on any atom is 0.260 e. The second kappa shape index (κ2) is 7.61. The number of ether oxygens (including phenoxy) is 2. The van der Waals surface area contributed by atoms with Crippen molar-refractivity contribution in [2.45, 2.75) is 6.54 Å². The summed E-state index contributed by atoms with van der Waals surface area (Å²) in [6.45, 7) is 3.26. The van der Waals surface area contributed by atoms with Gasteiger partial charge in [0, 0.05) is 29.7 Å². The minimum Gasteiger partial charge on any atom is -0.483 e. The number of carbonyl (C=O) groups excluding carboxylic acids is 1. The van der Waals surface area contributed by atoms with Crippen LogP contribution in [0, 0.1) is 0 Å². The molecule has 1 aliphatic rings. The minimum absolute atomic E-state index is 0.00614. The van der Waals surface area contributed by atoms with Crippen molar-refractivity contribution >= 4 is 21.8 Å². The third-order valence-electron chi connectivity index (χ3n) is 3.10. The van der Waals surface area contributed by atoms with Crippen molar-refractivity contribution in [2.75, 3.05) is 40.0 Å². The fourth-order valence-corrected chi connectivity index (χ4v) is 2.47. The van der Waals surface area contributed by atoms with Crippen molar-refractivity contribution in [3.05, 3.63) is 28.2 Å². The van der Waals surface area contributed by atoms with Crippen molar-refractivity contribution in [1.29, 1.82) is 0 Å². The Morgan fingerprint density at radius 3 is 2.90 bits per heavy atom. The fraction of sp³-hybridized carbons (Fsp3) is 0.500. The van der Waals surface area contributed by atoms with Gasteiger partial charge >= 0.3 is 0 Å². The lowest BCUT2D eigenvalue weighted by Crippen LogP contribution is -2.43. The number of nitrogens with zero attached hydrogens (tertiary/aromatic N) is 1. The molecule has 1 aliphatic heterocycles. The first-order valence-corrected chi connectivity index (χ1v) is 7.41. The average molecular weight is 343 g/mol. The van der Waals surface area contributed by atoms with E-state index in [2.05, 4.69) is 21.2 Å². The van der Waals surface area contributed by atoms with Crippen molar-refractivity contribution in [1.82, 2.24) is 10.2 Å². The predicted octanol–water partition coefficient (Wildman–Crippen LogP) is 1.41. The number of nitrogens with one attached hydrogen (secondary N) is 1. The van der Waals surface area contributed by atoms with E-state index < -0.39 is 0 Å². The summed E-state index contributed by atoms with van der Waals surface area (Å²) < 4.78 is 11.9. The highest BCUT2D eigenvalue weighted by molar-refractivity contribution is 9.10. The molecule has 0 saturated carbocycles. The molecule has 1 heterocycles. The van der Waals surface area contributed by atoms with Gasteiger partial charge < -0.3 is 19.7 Å². The molecule has 0 radical (unpaired) electrons. The number of carbonyl (C=O) groups is 1. The summed E-state index contributed by atoms with van der Waals surface area (Å²) in [6, 6.07) is 5.78. The predicted molar refractivity (Wildman–Crippen MR) is 79.8 cm³/mol. The smallest absolute Gasteiger partial charge is 0.260 e. The van der Waals surface area contributed by atoms with Crippen LogP contribution in [0.15, 0.2) is 22.7 Å². The summed E-state index contributed by atoms with van der Waals surface area (Å²) in [5, 5.41) is 3.09. The molecule has 1 saturated heterocycles. The zero-order chi connectivity index (χ0) is 14.4. The molecule has 1 aromatic rings. The van der Waals surface area contributed by atoms with Crippen LogP contribution >= 0.6 is 15.9 Å². The quantitative estimate of drug-likeness (QED) is 0.878. The van der Waals surface area contributed by atoms with E-state index in [1.54, 1.807) is 4.90 Å². The maximum absolute atomic E-state index is 12.0. The molecule has 110 valence electrons. The van der Waals surface area contributed by atoms with Crippen LogP contribution in [-0.4, -0.2) is 50.8 Å². The van der Waals surface area contributed by atoms with E-state index in [-0.39, 0.29) is 12.5 Å². The van der Waals surface area contributed by atoms with E-state index in [1.165, 1.54) is 0 Å². The first-order chi connectivity index (χ1) is 9.70. The van der Waals surface area contributed by atoms with Gasteiger partial charge in [0.15, 0.2) is 6.61 Å². The van der Waals surface area contributed by atoms with Gasteiger partial charge in [-0.05, 0) is 25.2 Å². The van der Waals surface area contributed by atoms with Gasteiger partial charge in [-0.25, -0.2) is 0 Å². The molecule has 5 nitrogen and oxygen atoms in total. The summed E-state index contributed by atoms with van der Waals surface area (Å²) in [5.41, 5.74) is 1.02. The van der Waals surface area contributed by atoms with E-state index >= 15 is 0 Å². The normalized spacial score (nSPS) is 15.2. The second-order valence-electron chi connectivity index (χ2n) is 4.56. The van der Waals surface area contributed by atoms with Gasteiger partial charge in [0.2, 0.25) is 0 Å². The van der Waals surface area contributed by atoms with Gasteiger partial charge in [-0.1, -0.05) is 15.9 Å². The Morgan fingerprint density at radius 1 is 1.45 bits per heavy atom. The van der Waals surface area contributed by atoms with Gasteiger partial charge in [-0.15, -0.1) is 0 Å². The molecule has 6 heteroatoms. The number of hydrogen-bond donors (Lipinski definition) is 1. The first kappa shape index (κ1) is 15.3. The number of halogens is 1. The topological polar surface area (TPSA) is 50.8 Å². The standard InChI is InChI=1S/C14H19BrN2O3/c1-16-9-11-8-12(15)2-3-13(11)20-10-14(18)17-4-6-19-7-5-17/h2-3,8,16H,4-7,9-10H2,1H3. The van der Waals surface area contributed by atoms with Crippen LogP contribution in [0.2, 0.25) is 0 Å². The number of benzene rings is 1. The van der Waals surface area contributed by atoms with Crippen LogP contribution in [0.3, 0.4) is 0 Å². The van der Waals surface area contributed by atoms with E-state index in [0.717, 1.165) is 15.8 Å². The molecule has 0 atom stereocenters. The second-order valence-corrected chi connectivity index (χ2v) is 5.48. The average Bonchev–Trinajstić information content (AvgIpc) is 2.47. The van der Waals surface area contributed by atoms with Crippen LogP contribution in [0.25, 0.3) is 0 Å². The third kappa shape index (κ3) is 4.19. The first-order valence-electron chi connectivity index (χ1n) is 6.62. The highest BCUT2D eigenvalue weighted by Gasteiger charge is 2.17. The van der Waals surface area contributed by atoms with Crippen molar-refractivity contribution in [2.24, 2.45) is 0 Å². The van der Waals surface area contributed by atoms with Crippen LogP contribution in [0.1, 0.15) is 5.56 Å². The largest absolute Gasteiger partial charge is 0.483 e. The highest BCUT2D eigenvalue weighted by Crippen LogP contribution is 2.23. The van der Waals surface area contributed by atoms with Gasteiger partial charge in [-0.2, -0.15) is 0 Å². The minimum atomic E-state index is 0.00614. The Labute approximate surface area is 127 Å². The van der Waals surface area contributed by atoms with Crippen LogP contribution < -0.4 is 10.1 Å². The van der Waals surface area contributed by atoms with Crippen molar-refractivity contribution in [3.8, 4) is 5.75 Å². The molecule has 0 spiro atoms. The van der Waals surface area contributed by atoms with E-state index in [1.807, 2.05) is 25.2 Å². The molecule has 0 unspecified atom stereocenters. The molecule has 1 fully saturated rings. The van der Waals surface area contributed by atoms with Gasteiger partial charge in [-0.3, -0.25) is 4.79 Å². The number of hydrogen-bond acceptors (Lipinski definition) is 4. The summed E-state index contributed by atoms with van der Waals surface area (Å²) >= 11 is 3.44. The van der Waals surface area contributed by atoms with Crippen molar-refractivity contribution in [3.63, 3.8) is 0 Å². The molecular formula is C14H19BrN2O3. The SMILES string of the molecule is CNCc1cc(Br)ccc1OCC(=O)N1CCOCC1. The lowest BCUT2D eigenvalue weighted by atomic mass is 10.2. The molecule has 0 bridgehead atoms. The molecule has 1 amide bonds. The molecular weight excluding hydrogens is 324 g/mol. The van der Waals surface area contributed by atoms with Crippen LogP contribution in [0.4, 0.5) is 0 Å².